The Bertz CT molecular complexity index is 1060. The molecule has 0 bridgehead atoms. The van der Waals surface area contributed by atoms with E-state index in [1.54, 1.807) is 43.5 Å². The second-order valence-electron chi connectivity index (χ2n) is 5.79. The maximum Gasteiger partial charge on any atom is 0.269 e. The third-order valence-electron chi connectivity index (χ3n) is 3.96. The average molecular weight is 451 g/mol. The molecule has 0 aliphatic heterocycles. The summed E-state index contributed by atoms with van der Waals surface area (Å²) in [5.74, 6) is 1.34. The van der Waals surface area contributed by atoms with Crippen LogP contribution in [0.2, 0.25) is 0 Å². The van der Waals surface area contributed by atoms with Gasteiger partial charge in [0, 0.05) is 18.0 Å². The van der Waals surface area contributed by atoms with E-state index < -0.39 is 10.0 Å². The first-order valence-electron chi connectivity index (χ1n) is 8.24. The summed E-state index contributed by atoms with van der Waals surface area (Å²) < 4.78 is 39.0. The van der Waals surface area contributed by atoms with E-state index in [4.69, 9.17) is 9.47 Å². The first-order valence-corrected chi connectivity index (χ1v) is 10.5. The molecule has 3 aromatic rings. The Labute approximate surface area is 166 Å². The van der Waals surface area contributed by atoms with Gasteiger partial charge in [-0.2, -0.15) is 0 Å². The number of benzene rings is 2. The highest BCUT2D eigenvalue weighted by atomic mass is 79.9. The van der Waals surface area contributed by atoms with Crippen LogP contribution in [0.4, 0.5) is 0 Å². The van der Waals surface area contributed by atoms with E-state index in [0.29, 0.717) is 34.0 Å². The topological polar surface area (TPSA) is 70.4 Å². The monoisotopic (exact) mass is 450 g/mol. The molecule has 0 aliphatic carbocycles. The van der Waals surface area contributed by atoms with Gasteiger partial charge in [0.25, 0.3) is 10.0 Å². The minimum Gasteiger partial charge on any atom is -0.492 e. The summed E-state index contributed by atoms with van der Waals surface area (Å²) in [5, 5.41) is 0. The molecule has 0 spiro atoms. The molecule has 0 saturated carbocycles. The van der Waals surface area contributed by atoms with Crippen molar-refractivity contribution in [2.24, 2.45) is 0 Å². The predicted octanol–water partition coefficient (Wildman–Crippen LogP) is 4.27. The summed E-state index contributed by atoms with van der Waals surface area (Å²) >= 11 is 3.45. The highest BCUT2D eigenvalue weighted by Gasteiger charge is 2.22. The zero-order valence-electron chi connectivity index (χ0n) is 15.1. The lowest BCUT2D eigenvalue weighted by atomic mass is 10.2. The molecule has 0 saturated heterocycles. The van der Waals surface area contributed by atoms with Crippen LogP contribution >= 0.6 is 15.9 Å². The Hall–Kier alpha value is -2.32. The fourth-order valence-electron chi connectivity index (χ4n) is 2.67. The molecular weight excluding hydrogens is 432 g/mol. The number of imidazole rings is 1. The third-order valence-corrected chi connectivity index (χ3v) is 6.23. The van der Waals surface area contributed by atoms with Gasteiger partial charge in [0.15, 0.2) is 17.3 Å². The highest BCUT2D eigenvalue weighted by molar-refractivity contribution is 9.10. The van der Waals surface area contributed by atoms with E-state index in [1.165, 1.54) is 16.4 Å². The number of methoxy groups -OCH3 is 1. The Balaban J connectivity index is 2.14. The van der Waals surface area contributed by atoms with Crippen LogP contribution in [0.1, 0.15) is 12.5 Å². The molecule has 8 heteroatoms. The van der Waals surface area contributed by atoms with Crippen molar-refractivity contribution in [1.29, 1.82) is 0 Å². The van der Waals surface area contributed by atoms with Gasteiger partial charge in [0.1, 0.15) is 0 Å². The number of ether oxygens (including phenoxy) is 2. The first-order chi connectivity index (χ1) is 12.9. The van der Waals surface area contributed by atoms with Gasteiger partial charge >= 0.3 is 0 Å². The summed E-state index contributed by atoms with van der Waals surface area (Å²) in [6, 6.07) is 10.2. The lowest BCUT2D eigenvalue weighted by Gasteiger charge is -2.14. The van der Waals surface area contributed by atoms with Crippen molar-refractivity contribution in [3.05, 3.63) is 58.8 Å². The van der Waals surface area contributed by atoms with Crippen LogP contribution in [0.3, 0.4) is 0 Å². The van der Waals surface area contributed by atoms with E-state index >= 15 is 0 Å². The van der Waals surface area contributed by atoms with Crippen LogP contribution in [0, 0.1) is 6.92 Å². The minimum atomic E-state index is -3.78. The summed E-state index contributed by atoms with van der Waals surface area (Å²) in [5.41, 5.74) is 1.58. The van der Waals surface area contributed by atoms with Gasteiger partial charge in [0.2, 0.25) is 0 Å². The van der Waals surface area contributed by atoms with Crippen molar-refractivity contribution < 1.29 is 17.9 Å². The lowest BCUT2D eigenvalue weighted by Crippen LogP contribution is -2.13. The van der Waals surface area contributed by atoms with Gasteiger partial charge in [-0.25, -0.2) is 17.4 Å². The molecule has 27 heavy (non-hydrogen) atoms. The van der Waals surface area contributed by atoms with Crippen molar-refractivity contribution in [3.63, 3.8) is 0 Å². The van der Waals surface area contributed by atoms with E-state index in [-0.39, 0.29) is 4.90 Å². The maximum absolute atomic E-state index is 13.1. The van der Waals surface area contributed by atoms with Crippen molar-refractivity contribution in [1.82, 2.24) is 8.96 Å². The lowest BCUT2D eigenvalue weighted by molar-refractivity contribution is 0.310. The smallest absolute Gasteiger partial charge is 0.269 e. The Kier molecular flexibility index (Phi) is 5.57. The largest absolute Gasteiger partial charge is 0.492 e. The Morgan fingerprint density at radius 2 is 1.89 bits per heavy atom. The SMILES string of the molecule is CCOc1cc(-c2nccn2S(=O)(=O)c2ccc(C)cc2)cc(Br)c1OC. The molecule has 0 aliphatic rings. The van der Waals surface area contributed by atoms with Crippen molar-refractivity contribution in [3.8, 4) is 22.9 Å². The molecule has 142 valence electrons. The third kappa shape index (κ3) is 3.72. The highest BCUT2D eigenvalue weighted by Crippen LogP contribution is 2.39. The van der Waals surface area contributed by atoms with Crippen molar-refractivity contribution in [2.75, 3.05) is 13.7 Å². The summed E-state index contributed by atoms with van der Waals surface area (Å²) in [7, 11) is -2.23. The fourth-order valence-corrected chi connectivity index (χ4v) is 4.58. The molecule has 0 N–H and O–H groups in total. The van der Waals surface area contributed by atoms with E-state index in [9.17, 15) is 8.42 Å². The second-order valence-corrected chi connectivity index (χ2v) is 8.46. The van der Waals surface area contributed by atoms with E-state index in [0.717, 1.165) is 5.56 Å². The number of nitrogens with zero attached hydrogens (tertiary/aromatic N) is 2. The number of rotatable bonds is 6. The normalized spacial score (nSPS) is 11.4. The van der Waals surface area contributed by atoms with Crippen molar-refractivity contribution >= 4 is 26.0 Å². The molecular formula is C19H19BrN2O4S. The number of aromatic nitrogens is 2. The number of aryl methyl sites for hydroxylation is 1. The Morgan fingerprint density at radius 3 is 2.52 bits per heavy atom. The standard InChI is InChI=1S/C19H19BrN2O4S/c1-4-26-17-12-14(11-16(20)18(17)25-3)19-21-9-10-22(19)27(23,24)15-7-5-13(2)6-8-15/h5-12H,4H2,1-3H3. The zero-order valence-corrected chi connectivity index (χ0v) is 17.5. The molecule has 0 unspecified atom stereocenters. The summed E-state index contributed by atoms with van der Waals surface area (Å²) in [6.07, 6.45) is 2.89. The number of halogens is 1. The number of hydrogen-bond donors (Lipinski definition) is 0. The van der Waals surface area contributed by atoms with Gasteiger partial charge in [-0.15, -0.1) is 0 Å². The van der Waals surface area contributed by atoms with Gasteiger partial charge < -0.3 is 9.47 Å². The molecule has 1 heterocycles. The van der Waals surface area contributed by atoms with E-state index in [1.807, 2.05) is 13.8 Å². The van der Waals surface area contributed by atoms with Crippen LogP contribution in [0.25, 0.3) is 11.4 Å². The quantitative estimate of drug-likeness (QED) is 0.560. The van der Waals surface area contributed by atoms with Gasteiger partial charge in [-0.3, -0.25) is 0 Å². The molecule has 2 aromatic carbocycles. The second kappa shape index (κ2) is 7.74. The van der Waals surface area contributed by atoms with E-state index in [2.05, 4.69) is 20.9 Å². The Morgan fingerprint density at radius 1 is 1.19 bits per heavy atom. The maximum atomic E-state index is 13.1. The molecule has 0 amide bonds. The van der Waals surface area contributed by atoms with Crippen LogP contribution in [0.15, 0.2) is 58.2 Å². The van der Waals surface area contributed by atoms with Crippen LogP contribution in [-0.2, 0) is 10.0 Å². The molecule has 0 radical (unpaired) electrons. The van der Waals surface area contributed by atoms with Crippen molar-refractivity contribution in [2.45, 2.75) is 18.7 Å². The first kappa shape index (κ1) is 19.4. The van der Waals surface area contributed by atoms with Crippen LogP contribution in [0.5, 0.6) is 11.5 Å². The van der Waals surface area contributed by atoms with Gasteiger partial charge in [-0.05, 0) is 54.0 Å². The molecule has 6 nitrogen and oxygen atoms in total. The summed E-state index contributed by atoms with van der Waals surface area (Å²) in [4.78, 5) is 4.46. The van der Waals surface area contributed by atoms with Gasteiger partial charge in [0.05, 0.1) is 23.1 Å². The molecule has 1 aromatic heterocycles. The molecule has 0 fully saturated rings. The molecule has 3 rings (SSSR count). The number of hydrogen-bond acceptors (Lipinski definition) is 5. The minimum absolute atomic E-state index is 0.199. The average Bonchev–Trinajstić information content (AvgIpc) is 3.13. The zero-order chi connectivity index (χ0) is 19.6. The molecule has 0 atom stereocenters. The fraction of sp³-hybridized carbons (Fsp3) is 0.211. The summed E-state index contributed by atoms with van der Waals surface area (Å²) in [6.45, 7) is 4.22. The van der Waals surface area contributed by atoms with Crippen LogP contribution in [-0.4, -0.2) is 31.1 Å². The van der Waals surface area contributed by atoms with Crippen LogP contribution < -0.4 is 9.47 Å². The van der Waals surface area contributed by atoms with Gasteiger partial charge in [-0.1, -0.05) is 17.7 Å². The predicted molar refractivity (Wildman–Crippen MR) is 107 cm³/mol.